The van der Waals surface area contributed by atoms with E-state index in [4.69, 9.17) is 4.74 Å². The Morgan fingerprint density at radius 2 is 1.77 bits per heavy atom. The zero-order valence-electron chi connectivity index (χ0n) is 17.4. The molecule has 1 aromatic rings. The summed E-state index contributed by atoms with van der Waals surface area (Å²) in [5, 5.41) is 18.9. The predicted molar refractivity (Wildman–Crippen MR) is 101 cm³/mol. The molecule has 1 aromatic carbocycles. The molecule has 0 N–H and O–H groups in total. The van der Waals surface area contributed by atoms with Crippen LogP contribution >= 0.6 is 0 Å². The van der Waals surface area contributed by atoms with Crippen LogP contribution in [0.4, 0.5) is 18.9 Å². The molecule has 30 heavy (non-hydrogen) atoms. The van der Waals surface area contributed by atoms with Gasteiger partial charge in [-0.05, 0) is 34.1 Å². The number of ketones is 1. The Hall–Kier alpha value is -2.85. The number of hydrogen-bond acceptors (Lipinski definition) is 7. The smallest absolute Gasteiger partial charge is 0.321 e. The van der Waals surface area contributed by atoms with Gasteiger partial charge in [-0.2, -0.15) is 14.6 Å². The molecule has 0 radical (unpaired) electrons. The van der Waals surface area contributed by atoms with Crippen LogP contribution in [0.5, 0.6) is 0 Å². The van der Waals surface area contributed by atoms with E-state index in [9.17, 15) is 32.9 Å². The Labute approximate surface area is 171 Å². The van der Waals surface area contributed by atoms with Crippen LogP contribution in [-0.2, 0) is 9.53 Å². The minimum absolute atomic E-state index is 0.0447. The van der Waals surface area contributed by atoms with Gasteiger partial charge in [-0.1, -0.05) is 13.3 Å². The fourth-order valence-electron chi connectivity index (χ4n) is 2.35. The van der Waals surface area contributed by atoms with Crippen molar-refractivity contribution in [2.24, 2.45) is 16.1 Å². The first kappa shape index (κ1) is 25.2. The molecule has 0 aliphatic carbocycles. The van der Waals surface area contributed by atoms with Crippen LogP contribution in [0, 0.1) is 40.4 Å². The highest BCUT2D eigenvalue weighted by molar-refractivity contribution is 6.11. The van der Waals surface area contributed by atoms with E-state index in [-0.39, 0.29) is 6.61 Å². The first-order valence-corrected chi connectivity index (χ1v) is 9.24. The highest BCUT2D eigenvalue weighted by atomic mass is 19.2. The summed E-state index contributed by atoms with van der Waals surface area (Å²) in [5.41, 5.74) is -4.59. The van der Waals surface area contributed by atoms with Gasteiger partial charge in [0.2, 0.25) is 5.82 Å². The number of carbonyl (C=O) groups is 2. The first-order valence-electron chi connectivity index (χ1n) is 9.24. The third kappa shape index (κ3) is 6.07. The number of nitrogens with zero attached hydrogens (tertiary/aromatic N) is 3. The van der Waals surface area contributed by atoms with E-state index in [0.717, 1.165) is 6.92 Å². The topological polar surface area (TPSA) is 111 Å². The molecule has 8 nitrogen and oxygen atoms in total. The second-order valence-electron chi connectivity index (χ2n) is 7.58. The van der Waals surface area contributed by atoms with Crippen molar-refractivity contribution in [2.75, 3.05) is 13.2 Å². The molecule has 1 unspecified atom stereocenters. The minimum atomic E-state index is -1.99. The number of halogens is 3. The third-order valence-electron chi connectivity index (χ3n) is 3.92. The van der Waals surface area contributed by atoms with Crippen LogP contribution in [0.15, 0.2) is 10.2 Å². The van der Waals surface area contributed by atoms with Gasteiger partial charge in [-0.15, -0.1) is 0 Å². The molecule has 0 aliphatic rings. The van der Waals surface area contributed by atoms with Gasteiger partial charge in [0.05, 0.1) is 23.6 Å². The zero-order chi connectivity index (χ0) is 23.2. The molecule has 0 aromatic heterocycles. The van der Waals surface area contributed by atoms with Crippen LogP contribution < -0.4 is 0 Å². The summed E-state index contributed by atoms with van der Waals surface area (Å²) in [6.07, 6.45) is 1.16. The van der Waals surface area contributed by atoms with Gasteiger partial charge in [-0.3, -0.25) is 19.7 Å². The highest BCUT2D eigenvalue weighted by Gasteiger charge is 2.40. The van der Waals surface area contributed by atoms with Gasteiger partial charge < -0.3 is 4.74 Å². The molecule has 1 atom stereocenters. The van der Waals surface area contributed by atoms with E-state index >= 15 is 0 Å². The number of carbonyl (C=O) groups excluding carboxylic acids is 2. The molecule has 0 spiro atoms. The highest BCUT2D eigenvalue weighted by Crippen LogP contribution is 2.33. The standard InChI is InChI=1S/C19H24F3N3O5/c1-6-7-8-30-18(27)11(9-23-24-19(3,4)5)17(26)12-13(20)10(2)14(21)15(22)16(12)25(28)29/h11H,6-9H2,1-5H3. The van der Waals surface area contributed by atoms with Gasteiger partial charge in [0.15, 0.2) is 11.6 Å². The number of esters is 1. The summed E-state index contributed by atoms with van der Waals surface area (Å²) >= 11 is 0. The maximum absolute atomic E-state index is 14.6. The zero-order valence-corrected chi connectivity index (χ0v) is 17.4. The largest absolute Gasteiger partial charge is 0.465 e. The summed E-state index contributed by atoms with van der Waals surface area (Å²) in [7, 11) is 0. The lowest BCUT2D eigenvalue weighted by molar-refractivity contribution is -0.388. The van der Waals surface area contributed by atoms with E-state index in [1.165, 1.54) is 0 Å². The molecule has 0 fully saturated rings. The van der Waals surface area contributed by atoms with Gasteiger partial charge in [0, 0.05) is 5.56 Å². The average Bonchev–Trinajstić information content (AvgIpc) is 2.64. The van der Waals surface area contributed by atoms with Crippen molar-refractivity contribution in [2.45, 2.75) is 53.0 Å². The molecule has 0 amide bonds. The number of azo groups is 1. The monoisotopic (exact) mass is 431 g/mol. The van der Waals surface area contributed by atoms with E-state index < -0.39 is 68.9 Å². The van der Waals surface area contributed by atoms with Gasteiger partial charge >= 0.3 is 11.7 Å². The van der Waals surface area contributed by atoms with E-state index in [2.05, 4.69) is 10.2 Å². The van der Waals surface area contributed by atoms with Crippen molar-refractivity contribution in [3.8, 4) is 0 Å². The van der Waals surface area contributed by atoms with Gasteiger partial charge in [0.1, 0.15) is 17.3 Å². The van der Waals surface area contributed by atoms with Crippen molar-refractivity contribution >= 4 is 17.4 Å². The third-order valence-corrected chi connectivity index (χ3v) is 3.92. The average molecular weight is 431 g/mol. The van der Waals surface area contributed by atoms with Crippen LogP contribution in [0.2, 0.25) is 0 Å². The molecule has 0 saturated carbocycles. The Morgan fingerprint density at radius 1 is 1.17 bits per heavy atom. The van der Waals surface area contributed by atoms with Crippen LogP contribution in [0.25, 0.3) is 0 Å². The Kier molecular flexibility index (Phi) is 8.61. The first-order chi connectivity index (χ1) is 13.8. The Balaban J connectivity index is 3.50. The van der Waals surface area contributed by atoms with E-state index in [1.807, 2.05) is 6.92 Å². The van der Waals surface area contributed by atoms with Crippen molar-refractivity contribution in [3.63, 3.8) is 0 Å². The summed E-state index contributed by atoms with van der Waals surface area (Å²) < 4.78 is 47.5. The van der Waals surface area contributed by atoms with Crippen LogP contribution in [0.1, 0.15) is 56.5 Å². The molecule has 0 bridgehead atoms. The summed E-state index contributed by atoms with van der Waals surface area (Å²) in [6.45, 7) is 7.08. The predicted octanol–water partition coefficient (Wildman–Crippen LogP) is 4.71. The number of rotatable bonds is 9. The summed E-state index contributed by atoms with van der Waals surface area (Å²) in [4.78, 5) is 35.1. The fraction of sp³-hybridized carbons (Fsp3) is 0.579. The van der Waals surface area contributed by atoms with Crippen molar-refractivity contribution in [3.05, 3.63) is 38.7 Å². The quantitative estimate of drug-likeness (QED) is 0.0821. The molecular formula is C19H24F3N3O5. The number of ether oxygens (including phenoxy) is 1. The molecular weight excluding hydrogens is 407 g/mol. The van der Waals surface area contributed by atoms with Gasteiger partial charge in [0.25, 0.3) is 0 Å². The Bertz CT molecular complexity index is 866. The second-order valence-corrected chi connectivity index (χ2v) is 7.58. The normalized spacial score (nSPS) is 12.8. The maximum Gasteiger partial charge on any atom is 0.321 e. The molecule has 11 heteroatoms. The number of hydrogen-bond donors (Lipinski definition) is 0. The van der Waals surface area contributed by atoms with Crippen molar-refractivity contribution < 1.29 is 32.4 Å². The van der Waals surface area contributed by atoms with Gasteiger partial charge in [-0.25, -0.2) is 8.78 Å². The lowest BCUT2D eigenvalue weighted by atomic mass is 9.94. The number of nitro benzene ring substituents is 1. The SMILES string of the molecule is CCCCOC(=O)C(CN=NC(C)(C)C)C(=O)c1c(F)c(C)c(F)c(F)c1[N+](=O)[O-]. The number of benzene rings is 1. The van der Waals surface area contributed by atoms with Crippen LogP contribution in [0.3, 0.4) is 0 Å². The molecule has 0 aliphatic heterocycles. The van der Waals surface area contributed by atoms with Crippen molar-refractivity contribution in [1.29, 1.82) is 0 Å². The lowest BCUT2D eigenvalue weighted by Gasteiger charge is -2.16. The van der Waals surface area contributed by atoms with E-state index in [1.54, 1.807) is 20.8 Å². The Morgan fingerprint density at radius 3 is 2.27 bits per heavy atom. The fourth-order valence-corrected chi connectivity index (χ4v) is 2.35. The van der Waals surface area contributed by atoms with Crippen LogP contribution in [-0.4, -0.2) is 35.4 Å². The molecule has 0 saturated heterocycles. The molecule has 166 valence electrons. The maximum atomic E-state index is 14.6. The number of unbranched alkanes of at least 4 members (excludes halogenated alkanes) is 1. The minimum Gasteiger partial charge on any atom is -0.465 e. The number of Topliss-reactive ketones (excluding diaryl/α,β-unsaturated/α-hetero) is 1. The molecule has 1 rings (SSSR count). The van der Waals surface area contributed by atoms with E-state index in [0.29, 0.717) is 12.8 Å². The summed E-state index contributed by atoms with van der Waals surface area (Å²) in [5.74, 6) is -9.76. The summed E-state index contributed by atoms with van der Waals surface area (Å²) in [6, 6.07) is 0. The van der Waals surface area contributed by atoms with Crippen molar-refractivity contribution in [1.82, 2.24) is 0 Å². The number of nitro groups is 1. The molecule has 0 heterocycles. The lowest BCUT2D eigenvalue weighted by Crippen LogP contribution is -2.31. The second kappa shape index (κ2) is 10.3.